The van der Waals surface area contributed by atoms with Crippen molar-refractivity contribution in [2.75, 3.05) is 0 Å². The van der Waals surface area contributed by atoms with E-state index in [1.54, 1.807) is 6.07 Å². The van der Waals surface area contributed by atoms with Gasteiger partial charge in [-0.3, -0.25) is 0 Å². The van der Waals surface area contributed by atoms with Crippen LogP contribution in [0, 0.1) is 18.7 Å². The average molecular weight is 217 g/mol. The van der Waals surface area contributed by atoms with E-state index in [-0.39, 0.29) is 5.82 Å². The number of aromatic amines is 1. The van der Waals surface area contributed by atoms with Crippen molar-refractivity contribution in [1.82, 2.24) is 4.98 Å². The molecule has 1 N–H and O–H groups in total. The molecule has 2 heteroatoms. The Morgan fingerprint density at radius 1 is 1.38 bits per heavy atom. The summed E-state index contributed by atoms with van der Waals surface area (Å²) in [4.78, 5) is 3.28. The standard InChI is InChI=1S/C14H16FN/c1-8-3-5-10-12(7-8)16-14-11(15)6-4-9(2)13(10)14/h4,6,8,16H,3,5,7H2,1-2H3. The number of hydrogen-bond acceptors (Lipinski definition) is 0. The highest BCUT2D eigenvalue weighted by atomic mass is 19.1. The van der Waals surface area contributed by atoms with Gasteiger partial charge in [0.1, 0.15) is 5.82 Å². The zero-order valence-corrected chi connectivity index (χ0v) is 9.73. The first-order valence-electron chi connectivity index (χ1n) is 5.95. The lowest BCUT2D eigenvalue weighted by molar-refractivity contribution is 0.497. The van der Waals surface area contributed by atoms with E-state index in [2.05, 4.69) is 18.8 Å². The number of aromatic nitrogens is 1. The van der Waals surface area contributed by atoms with Crippen LogP contribution in [-0.4, -0.2) is 4.98 Å². The Morgan fingerprint density at radius 3 is 3.00 bits per heavy atom. The van der Waals surface area contributed by atoms with Gasteiger partial charge in [-0.2, -0.15) is 0 Å². The van der Waals surface area contributed by atoms with E-state index >= 15 is 0 Å². The van der Waals surface area contributed by atoms with E-state index in [1.807, 2.05) is 6.07 Å². The molecule has 1 aliphatic rings. The van der Waals surface area contributed by atoms with Gasteiger partial charge >= 0.3 is 0 Å². The van der Waals surface area contributed by atoms with Crippen molar-refractivity contribution >= 4 is 10.9 Å². The Balaban J connectivity index is 2.33. The predicted octanol–water partition coefficient (Wildman–Crippen LogP) is 3.74. The van der Waals surface area contributed by atoms with Crippen LogP contribution in [0.25, 0.3) is 10.9 Å². The maximum absolute atomic E-state index is 13.7. The average Bonchev–Trinajstić information content (AvgIpc) is 2.63. The molecule has 1 unspecified atom stereocenters. The third-order valence-corrected chi connectivity index (χ3v) is 3.74. The second kappa shape index (κ2) is 3.34. The molecule has 1 nitrogen and oxygen atoms in total. The van der Waals surface area contributed by atoms with Crippen molar-refractivity contribution < 1.29 is 4.39 Å². The summed E-state index contributed by atoms with van der Waals surface area (Å²) in [5.41, 5.74) is 4.50. The highest BCUT2D eigenvalue weighted by molar-refractivity contribution is 5.88. The summed E-state index contributed by atoms with van der Waals surface area (Å²) in [5.74, 6) is 0.589. The third kappa shape index (κ3) is 1.29. The van der Waals surface area contributed by atoms with Crippen molar-refractivity contribution in [1.29, 1.82) is 0 Å². The number of H-pyrrole nitrogens is 1. The van der Waals surface area contributed by atoms with Crippen molar-refractivity contribution in [3.05, 3.63) is 34.8 Å². The monoisotopic (exact) mass is 217 g/mol. The van der Waals surface area contributed by atoms with E-state index in [0.717, 1.165) is 18.2 Å². The van der Waals surface area contributed by atoms with Crippen LogP contribution in [0.2, 0.25) is 0 Å². The van der Waals surface area contributed by atoms with Gasteiger partial charge in [-0.25, -0.2) is 4.39 Å². The second-order valence-electron chi connectivity index (χ2n) is 5.04. The minimum absolute atomic E-state index is 0.123. The molecule has 1 aromatic heterocycles. The Kier molecular flexibility index (Phi) is 2.06. The SMILES string of the molecule is Cc1ccc(F)c2[nH]c3c(c12)CCC(C)C3. The second-order valence-corrected chi connectivity index (χ2v) is 5.04. The maximum atomic E-state index is 13.7. The molecule has 0 amide bonds. The summed E-state index contributed by atoms with van der Waals surface area (Å²) in [6, 6.07) is 3.44. The Morgan fingerprint density at radius 2 is 2.19 bits per heavy atom. The van der Waals surface area contributed by atoms with Gasteiger partial charge in [0, 0.05) is 11.1 Å². The molecule has 0 spiro atoms. The number of benzene rings is 1. The molecule has 1 heterocycles. The van der Waals surface area contributed by atoms with Crippen LogP contribution in [0.4, 0.5) is 4.39 Å². The predicted molar refractivity (Wildman–Crippen MR) is 64.2 cm³/mol. The lowest BCUT2D eigenvalue weighted by Crippen LogP contribution is -2.10. The summed E-state index contributed by atoms with van der Waals surface area (Å²) in [6.07, 6.45) is 3.36. The lowest BCUT2D eigenvalue weighted by atomic mass is 9.87. The highest BCUT2D eigenvalue weighted by Gasteiger charge is 2.21. The van der Waals surface area contributed by atoms with Crippen LogP contribution in [-0.2, 0) is 12.8 Å². The summed E-state index contributed by atoms with van der Waals surface area (Å²) >= 11 is 0. The van der Waals surface area contributed by atoms with Crippen LogP contribution < -0.4 is 0 Å². The molecule has 0 saturated heterocycles. The minimum Gasteiger partial charge on any atom is -0.356 e. The molecular formula is C14H16FN. The topological polar surface area (TPSA) is 15.8 Å². The number of halogens is 1. The fourth-order valence-corrected chi connectivity index (χ4v) is 2.86. The first-order valence-corrected chi connectivity index (χ1v) is 5.95. The number of aryl methyl sites for hydroxylation is 2. The Labute approximate surface area is 94.7 Å². The van der Waals surface area contributed by atoms with Gasteiger partial charge in [0.25, 0.3) is 0 Å². The molecule has 0 radical (unpaired) electrons. The van der Waals surface area contributed by atoms with E-state index in [1.165, 1.54) is 23.2 Å². The van der Waals surface area contributed by atoms with Crippen LogP contribution in [0.15, 0.2) is 12.1 Å². The van der Waals surface area contributed by atoms with Gasteiger partial charge in [-0.15, -0.1) is 0 Å². The molecular weight excluding hydrogens is 201 g/mol. The first kappa shape index (κ1) is 9.88. The highest BCUT2D eigenvalue weighted by Crippen LogP contribution is 2.34. The molecule has 0 aliphatic heterocycles. The summed E-state index contributed by atoms with van der Waals surface area (Å²) in [6.45, 7) is 4.32. The van der Waals surface area contributed by atoms with Crippen molar-refractivity contribution in [2.45, 2.75) is 33.1 Å². The normalized spacial score (nSPS) is 20.1. The lowest BCUT2D eigenvalue weighted by Gasteiger charge is -2.18. The Hall–Kier alpha value is -1.31. The smallest absolute Gasteiger partial charge is 0.147 e. The number of fused-ring (bicyclic) bond motifs is 3. The van der Waals surface area contributed by atoms with E-state index < -0.39 is 0 Å². The third-order valence-electron chi connectivity index (χ3n) is 3.74. The zero-order valence-electron chi connectivity index (χ0n) is 9.73. The van der Waals surface area contributed by atoms with Crippen molar-refractivity contribution in [3.8, 4) is 0 Å². The van der Waals surface area contributed by atoms with Gasteiger partial charge in [0.15, 0.2) is 0 Å². The fourth-order valence-electron chi connectivity index (χ4n) is 2.86. The van der Waals surface area contributed by atoms with Crippen LogP contribution >= 0.6 is 0 Å². The molecule has 1 aliphatic carbocycles. The quantitative estimate of drug-likeness (QED) is 0.692. The molecule has 84 valence electrons. The summed E-state index contributed by atoms with van der Waals surface area (Å²) < 4.78 is 13.7. The molecule has 0 saturated carbocycles. The summed E-state index contributed by atoms with van der Waals surface area (Å²) in [5, 5.41) is 1.13. The van der Waals surface area contributed by atoms with Crippen LogP contribution in [0.1, 0.15) is 30.2 Å². The number of nitrogens with one attached hydrogen (secondary N) is 1. The van der Waals surface area contributed by atoms with E-state index in [9.17, 15) is 4.39 Å². The van der Waals surface area contributed by atoms with Gasteiger partial charge in [0.05, 0.1) is 5.52 Å². The van der Waals surface area contributed by atoms with Gasteiger partial charge in [-0.1, -0.05) is 13.0 Å². The maximum Gasteiger partial charge on any atom is 0.147 e. The number of rotatable bonds is 0. The first-order chi connectivity index (χ1) is 7.66. The minimum atomic E-state index is -0.123. The summed E-state index contributed by atoms with van der Waals surface area (Å²) in [7, 11) is 0. The molecule has 0 bridgehead atoms. The largest absolute Gasteiger partial charge is 0.356 e. The van der Waals surface area contributed by atoms with Gasteiger partial charge < -0.3 is 4.98 Å². The molecule has 1 atom stereocenters. The van der Waals surface area contributed by atoms with E-state index in [0.29, 0.717) is 11.4 Å². The van der Waals surface area contributed by atoms with Gasteiger partial charge in [-0.05, 0) is 49.3 Å². The molecule has 2 aromatic rings. The molecule has 0 fully saturated rings. The van der Waals surface area contributed by atoms with Gasteiger partial charge in [0.2, 0.25) is 0 Å². The zero-order chi connectivity index (χ0) is 11.3. The fraction of sp³-hybridized carbons (Fsp3) is 0.429. The molecule has 1 aromatic carbocycles. The number of hydrogen-bond donors (Lipinski definition) is 1. The molecule has 3 rings (SSSR count). The van der Waals surface area contributed by atoms with Crippen molar-refractivity contribution in [2.24, 2.45) is 5.92 Å². The molecule has 16 heavy (non-hydrogen) atoms. The van der Waals surface area contributed by atoms with Crippen LogP contribution in [0.3, 0.4) is 0 Å². The Bertz CT molecular complexity index is 553. The van der Waals surface area contributed by atoms with Crippen molar-refractivity contribution in [3.63, 3.8) is 0 Å². The van der Waals surface area contributed by atoms with Crippen LogP contribution in [0.5, 0.6) is 0 Å². The van der Waals surface area contributed by atoms with E-state index in [4.69, 9.17) is 0 Å².